The number of hydrogen-bond acceptors (Lipinski definition) is 2. The maximum atomic E-state index is 13.4. The summed E-state index contributed by atoms with van der Waals surface area (Å²) in [5.41, 5.74) is 1.15. The van der Waals surface area contributed by atoms with Gasteiger partial charge >= 0.3 is 0 Å². The number of benzene rings is 1. The molecule has 1 unspecified atom stereocenters. The highest BCUT2D eigenvalue weighted by Crippen LogP contribution is 2.31. The molecule has 3 heteroatoms. The summed E-state index contributed by atoms with van der Waals surface area (Å²) >= 11 is 0. The summed E-state index contributed by atoms with van der Waals surface area (Å²) in [6, 6.07) is 7.13. The molecule has 1 aliphatic rings. The van der Waals surface area contributed by atoms with Gasteiger partial charge in [-0.2, -0.15) is 0 Å². The molecule has 0 saturated carbocycles. The third-order valence-corrected chi connectivity index (χ3v) is 3.79. The standard InChI is InChI=1S/C15H23FN2/c1-18(2)11-15(12-6-8-17-9-7-12)13-4-3-5-14(16)10-13/h3-5,10,12,15,17H,6-9,11H2,1-2H3. The van der Waals surface area contributed by atoms with E-state index in [0.29, 0.717) is 11.8 Å². The first kappa shape index (κ1) is 13.5. The average molecular weight is 250 g/mol. The number of piperidine rings is 1. The van der Waals surface area contributed by atoms with Gasteiger partial charge in [-0.25, -0.2) is 4.39 Å². The van der Waals surface area contributed by atoms with Crippen molar-refractivity contribution in [1.29, 1.82) is 0 Å². The van der Waals surface area contributed by atoms with Gasteiger partial charge in [-0.1, -0.05) is 12.1 Å². The molecule has 1 atom stereocenters. The van der Waals surface area contributed by atoms with Gasteiger partial charge in [0.05, 0.1) is 0 Å². The second-order valence-electron chi connectivity index (χ2n) is 5.51. The molecule has 0 aromatic heterocycles. The third kappa shape index (κ3) is 3.53. The first-order chi connectivity index (χ1) is 8.66. The lowest BCUT2D eigenvalue weighted by Crippen LogP contribution is -2.34. The maximum Gasteiger partial charge on any atom is 0.123 e. The van der Waals surface area contributed by atoms with Gasteiger partial charge in [0.15, 0.2) is 0 Å². The lowest BCUT2D eigenvalue weighted by Gasteiger charge is -2.33. The molecule has 1 heterocycles. The van der Waals surface area contributed by atoms with Crippen molar-refractivity contribution >= 4 is 0 Å². The number of rotatable bonds is 4. The third-order valence-electron chi connectivity index (χ3n) is 3.79. The molecule has 1 aliphatic heterocycles. The Bertz CT molecular complexity index is 373. The van der Waals surface area contributed by atoms with Crippen LogP contribution in [0.1, 0.15) is 24.3 Å². The van der Waals surface area contributed by atoms with Crippen molar-refractivity contribution in [2.45, 2.75) is 18.8 Å². The lowest BCUT2D eigenvalue weighted by molar-refractivity contribution is 0.261. The molecule has 0 radical (unpaired) electrons. The van der Waals surface area contributed by atoms with Crippen LogP contribution in [0.25, 0.3) is 0 Å². The van der Waals surface area contributed by atoms with Crippen molar-refractivity contribution in [3.8, 4) is 0 Å². The van der Waals surface area contributed by atoms with Crippen molar-refractivity contribution in [1.82, 2.24) is 10.2 Å². The highest BCUT2D eigenvalue weighted by molar-refractivity contribution is 5.22. The van der Waals surface area contributed by atoms with Crippen LogP contribution in [0.2, 0.25) is 0 Å². The van der Waals surface area contributed by atoms with E-state index < -0.39 is 0 Å². The number of halogens is 1. The van der Waals surface area contributed by atoms with Gasteiger partial charge < -0.3 is 10.2 Å². The van der Waals surface area contributed by atoms with E-state index in [4.69, 9.17) is 0 Å². The van der Waals surface area contributed by atoms with E-state index in [9.17, 15) is 4.39 Å². The summed E-state index contributed by atoms with van der Waals surface area (Å²) < 4.78 is 13.4. The molecule has 1 N–H and O–H groups in total. The quantitative estimate of drug-likeness (QED) is 0.883. The molecule has 18 heavy (non-hydrogen) atoms. The zero-order valence-corrected chi connectivity index (χ0v) is 11.3. The molecule has 100 valence electrons. The van der Waals surface area contributed by atoms with Gasteiger partial charge in [-0.3, -0.25) is 0 Å². The minimum Gasteiger partial charge on any atom is -0.317 e. The Morgan fingerprint density at radius 1 is 1.33 bits per heavy atom. The van der Waals surface area contributed by atoms with Crippen LogP contribution in [0.5, 0.6) is 0 Å². The van der Waals surface area contributed by atoms with Crippen LogP contribution in [0.15, 0.2) is 24.3 Å². The Morgan fingerprint density at radius 3 is 2.67 bits per heavy atom. The predicted molar refractivity (Wildman–Crippen MR) is 73.3 cm³/mol. The molecule has 0 aliphatic carbocycles. The van der Waals surface area contributed by atoms with Crippen LogP contribution in [-0.2, 0) is 0 Å². The van der Waals surface area contributed by atoms with Crippen molar-refractivity contribution in [2.75, 3.05) is 33.7 Å². The largest absolute Gasteiger partial charge is 0.317 e. The molecule has 1 saturated heterocycles. The number of nitrogens with zero attached hydrogens (tertiary/aromatic N) is 1. The van der Waals surface area contributed by atoms with E-state index in [1.54, 1.807) is 6.07 Å². The SMILES string of the molecule is CN(C)CC(c1cccc(F)c1)C1CCNCC1. The fraction of sp³-hybridized carbons (Fsp3) is 0.600. The minimum absolute atomic E-state index is 0.120. The first-order valence-electron chi connectivity index (χ1n) is 6.77. The minimum atomic E-state index is -0.120. The summed E-state index contributed by atoms with van der Waals surface area (Å²) in [4.78, 5) is 2.21. The summed E-state index contributed by atoms with van der Waals surface area (Å²) in [5.74, 6) is 0.985. The van der Waals surface area contributed by atoms with E-state index in [1.807, 2.05) is 6.07 Å². The Morgan fingerprint density at radius 2 is 2.06 bits per heavy atom. The number of nitrogens with one attached hydrogen (secondary N) is 1. The molecule has 0 amide bonds. The molecule has 2 nitrogen and oxygen atoms in total. The summed E-state index contributed by atoms with van der Waals surface area (Å²) in [6.45, 7) is 3.17. The van der Waals surface area contributed by atoms with Gasteiger partial charge in [0, 0.05) is 6.54 Å². The van der Waals surface area contributed by atoms with Gasteiger partial charge in [0.25, 0.3) is 0 Å². The van der Waals surface area contributed by atoms with Gasteiger partial charge in [0.2, 0.25) is 0 Å². The van der Waals surface area contributed by atoms with Crippen LogP contribution in [-0.4, -0.2) is 38.6 Å². The van der Waals surface area contributed by atoms with E-state index >= 15 is 0 Å². The monoisotopic (exact) mass is 250 g/mol. The Kier molecular flexibility index (Phi) is 4.72. The molecule has 2 rings (SSSR count). The first-order valence-corrected chi connectivity index (χ1v) is 6.77. The predicted octanol–water partition coefficient (Wildman–Crippen LogP) is 2.47. The Balaban J connectivity index is 2.18. The van der Waals surface area contributed by atoms with Gasteiger partial charge in [0.1, 0.15) is 5.82 Å². The topological polar surface area (TPSA) is 15.3 Å². The molecule has 1 fully saturated rings. The number of likely N-dealkylation sites (N-methyl/N-ethyl adjacent to an activating group) is 1. The van der Waals surface area contributed by atoms with Gasteiger partial charge in [-0.05, 0) is 69.6 Å². The lowest BCUT2D eigenvalue weighted by atomic mass is 9.80. The van der Waals surface area contributed by atoms with Gasteiger partial charge in [-0.15, -0.1) is 0 Å². The second kappa shape index (κ2) is 6.30. The van der Waals surface area contributed by atoms with E-state index in [0.717, 1.165) is 25.2 Å². The Hall–Kier alpha value is -0.930. The second-order valence-corrected chi connectivity index (χ2v) is 5.51. The molecular formula is C15H23FN2. The van der Waals surface area contributed by atoms with E-state index in [-0.39, 0.29) is 5.82 Å². The molecule has 1 aromatic carbocycles. The summed E-state index contributed by atoms with van der Waals surface area (Å²) in [5, 5.41) is 3.40. The summed E-state index contributed by atoms with van der Waals surface area (Å²) in [6.07, 6.45) is 2.38. The highest BCUT2D eigenvalue weighted by Gasteiger charge is 2.25. The number of hydrogen-bond donors (Lipinski definition) is 1. The molecular weight excluding hydrogens is 227 g/mol. The van der Waals surface area contributed by atoms with Crippen LogP contribution >= 0.6 is 0 Å². The zero-order chi connectivity index (χ0) is 13.0. The molecule has 1 aromatic rings. The van der Waals surface area contributed by atoms with Crippen molar-refractivity contribution in [3.05, 3.63) is 35.6 Å². The maximum absolute atomic E-state index is 13.4. The van der Waals surface area contributed by atoms with Crippen molar-refractivity contribution in [3.63, 3.8) is 0 Å². The van der Waals surface area contributed by atoms with Crippen molar-refractivity contribution in [2.24, 2.45) is 5.92 Å². The average Bonchev–Trinajstić information content (AvgIpc) is 2.37. The smallest absolute Gasteiger partial charge is 0.123 e. The van der Waals surface area contributed by atoms with E-state index in [2.05, 4.69) is 30.4 Å². The molecule has 0 bridgehead atoms. The fourth-order valence-electron chi connectivity index (χ4n) is 2.90. The normalized spacial score (nSPS) is 19.1. The summed E-state index contributed by atoms with van der Waals surface area (Å²) in [7, 11) is 4.18. The van der Waals surface area contributed by atoms with E-state index in [1.165, 1.54) is 18.9 Å². The fourth-order valence-corrected chi connectivity index (χ4v) is 2.90. The van der Waals surface area contributed by atoms with Crippen LogP contribution in [0.3, 0.4) is 0 Å². The van der Waals surface area contributed by atoms with Crippen LogP contribution in [0.4, 0.5) is 4.39 Å². The van der Waals surface area contributed by atoms with Crippen LogP contribution < -0.4 is 5.32 Å². The van der Waals surface area contributed by atoms with Crippen molar-refractivity contribution < 1.29 is 4.39 Å². The highest BCUT2D eigenvalue weighted by atomic mass is 19.1. The molecule has 0 spiro atoms. The zero-order valence-electron chi connectivity index (χ0n) is 11.3. The van der Waals surface area contributed by atoms with Crippen LogP contribution in [0, 0.1) is 11.7 Å². The Labute approximate surface area is 109 Å².